The molecule has 0 heterocycles. The van der Waals surface area contributed by atoms with Crippen LogP contribution in [0.25, 0.3) is 0 Å². The number of aliphatic hydroxyl groups is 1. The van der Waals surface area contributed by atoms with Crippen LogP contribution < -0.4 is 0 Å². The van der Waals surface area contributed by atoms with Gasteiger partial charge in [0.1, 0.15) is 5.82 Å². The highest BCUT2D eigenvalue weighted by Crippen LogP contribution is 2.17. The molecule has 0 aromatic heterocycles. The highest BCUT2D eigenvalue weighted by atomic mass is 19.1. The lowest BCUT2D eigenvalue weighted by molar-refractivity contribution is 0.183. The van der Waals surface area contributed by atoms with Crippen LogP contribution in [-0.4, -0.2) is 12.2 Å². The van der Waals surface area contributed by atoms with Gasteiger partial charge in [-0.2, -0.15) is 0 Å². The molecule has 0 fully saturated rings. The molecular weight excluding hydrogens is 171 g/mol. The minimum atomic E-state index is -0.767. The van der Waals surface area contributed by atoms with E-state index >= 15 is 0 Å². The average molecular weight is 184 g/mol. The molecular formula is C10H13FO2. The van der Waals surface area contributed by atoms with Gasteiger partial charge in [-0.25, -0.2) is 4.39 Å². The molecule has 13 heavy (non-hydrogen) atoms. The molecule has 0 aliphatic heterocycles. The summed E-state index contributed by atoms with van der Waals surface area (Å²) in [6.45, 7) is 1.92. The number of hydrogen-bond donors (Lipinski definition) is 1. The number of benzene rings is 1. The summed E-state index contributed by atoms with van der Waals surface area (Å²) >= 11 is 0. The van der Waals surface area contributed by atoms with Gasteiger partial charge in [0.25, 0.3) is 0 Å². The van der Waals surface area contributed by atoms with Crippen LogP contribution in [-0.2, 0) is 11.3 Å². The number of aliphatic hydroxyl groups excluding tert-OH is 1. The lowest BCUT2D eigenvalue weighted by Gasteiger charge is -2.07. The molecule has 1 aromatic carbocycles. The molecule has 0 amide bonds. The predicted molar refractivity (Wildman–Crippen MR) is 47.7 cm³/mol. The summed E-state index contributed by atoms with van der Waals surface area (Å²) < 4.78 is 18.1. The van der Waals surface area contributed by atoms with Gasteiger partial charge in [-0.05, 0) is 18.6 Å². The van der Waals surface area contributed by atoms with E-state index in [2.05, 4.69) is 0 Å². The van der Waals surface area contributed by atoms with E-state index < -0.39 is 6.10 Å². The zero-order valence-electron chi connectivity index (χ0n) is 7.75. The third-order valence-electron chi connectivity index (χ3n) is 1.83. The molecule has 1 aromatic rings. The minimum absolute atomic E-state index is 0.319. The lowest BCUT2D eigenvalue weighted by Crippen LogP contribution is -1.97. The molecule has 0 aliphatic carbocycles. The van der Waals surface area contributed by atoms with Crippen LogP contribution in [0.4, 0.5) is 4.39 Å². The first kappa shape index (κ1) is 10.2. The maximum absolute atomic E-state index is 13.2. The molecule has 2 nitrogen and oxygen atoms in total. The van der Waals surface area contributed by atoms with Gasteiger partial charge in [0.2, 0.25) is 0 Å². The average Bonchev–Trinajstić information content (AvgIpc) is 2.04. The second-order valence-electron chi connectivity index (χ2n) is 2.96. The quantitative estimate of drug-likeness (QED) is 0.778. The van der Waals surface area contributed by atoms with Gasteiger partial charge in [0.15, 0.2) is 0 Å². The Hall–Kier alpha value is -0.930. The molecule has 3 heteroatoms. The normalized spacial score (nSPS) is 12.9. The molecule has 0 radical (unpaired) electrons. The molecule has 0 bridgehead atoms. The second kappa shape index (κ2) is 4.35. The zero-order valence-corrected chi connectivity index (χ0v) is 7.75. The third kappa shape index (κ3) is 2.50. The molecule has 0 saturated heterocycles. The SMILES string of the molecule is COCc1ccc(C(C)O)c(F)c1. The van der Waals surface area contributed by atoms with Crippen molar-refractivity contribution in [3.05, 3.63) is 35.1 Å². The summed E-state index contributed by atoms with van der Waals surface area (Å²) in [5.41, 5.74) is 1.09. The smallest absolute Gasteiger partial charge is 0.129 e. The van der Waals surface area contributed by atoms with Gasteiger partial charge in [-0.15, -0.1) is 0 Å². The van der Waals surface area contributed by atoms with E-state index in [1.165, 1.54) is 13.0 Å². The first-order valence-corrected chi connectivity index (χ1v) is 4.10. The maximum atomic E-state index is 13.2. The molecule has 1 unspecified atom stereocenters. The first-order valence-electron chi connectivity index (χ1n) is 4.10. The van der Waals surface area contributed by atoms with Crippen molar-refractivity contribution in [2.24, 2.45) is 0 Å². The summed E-state index contributed by atoms with van der Waals surface area (Å²) in [6, 6.07) is 4.70. The largest absolute Gasteiger partial charge is 0.389 e. The van der Waals surface area contributed by atoms with Gasteiger partial charge >= 0.3 is 0 Å². The number of methoxy groups -OCH3 is 1. The molecule has 1 atom stereocenters. The predicted octanol–water partition coefficient (Wildman–Crippen LogP) is 2.03. The second-order valence-corrected chi connectivity index (χ2v) is 2.96. The third-order valence-corrected chi connectivity index (χ3v) is 1.83. The molecule has 72 valence electrons. The molecule has 1 rings (SSSR count). The Labute approximate surface area is 77.0 Å². The Kier molecular flexibility index (Phi) is 3.39. The van der Waals surface area contributed by atoms with Crippen molar-refractivity contribution in [3.63, 3.8) is 0 Å². The van der Waals surface area contributed by atoms with E-state index in [9.17, 15) is 4.39 Å². The van der Waals surface area contributed by atoms with Crippen LogP contribution in [0.3, 0.4) is 0 Å². The van der Waals surface area contributed by atoms with Crippen LogP contribution in [0.5, 0.6) is 0 Å². The van der Waals surface area contributed by atoms with Crippen molar-refractivity contribution < 1.29 is 14.2 Å². The summed E-state index contributed by atoms with van der Waals surface area (Å²) in [7, 11) is 1.56. The number of ether oxygens (including phenoxy) is 1. The Morgan fingerprint density at radius 1 is 1.54 bits per heavy atom. The Balaban J connectivity index is 2.92. The van der Waals surface area contributed by atoms with E-state index in [0.29, 0.717) is 12.2 Å². The van der Waals surface area contributed by atoms with E-state index in [-0.39, 0.29) is 5.82 Å². The van der Waals surface area contributed by atoms with Gasteiger partial charge < -0.3 is 9.84 Å². The Morgan fingerprint density at radius 2 is 2.23 bits per heavy atom. The van der Waals surface area contributed by atoms with E-state index in [0.717, 1.165) is 5.56 Å². The fraction of sp³-hybridized carbons (Fsp3) is 0.400. The molecule has 1 N–H and O–H groups in total. The Bertz CT molecular complexity index is 284. The standard InChI is InChI=1S/C10H13FO2/c1-7(12)9-4-3-8(6-13-2)5-10(9)11/h3-5,7,12H,6H2,1-2H3. The summed E-state index contributed by atoms with van der Waals surface area (Å²) in [5, 5.41) is 9.15. The summed E-state index contributed by atoms with van der Waals surface area (Å²) in [5.74, 6) is -0.385. The number of rotatable bonds is 3. The molecule has 0 saturated carbocycles. The van der Waals surface area contributed by atoms with Gasteiger partial charge in [0.05, 0.1) is 12.7 Å². The van der Waals surface area contributed by atoms with Crippen molar-refractivity contribution in [2.75, 3.05) is 7.11 Å². The van der Waals surface area contributed by atoms with Gasteiger partial charge in [-0.1, -0.05) is 12.1 Å². The van der Waals surface area contributed by atoms with Crippen LogP contribution in [0.1, 0.15) is 24.2 Å². The Morgan fingerprint density at radius 3 is 2.69 bits per heavy atom. The lowest BCUT2D eigenvalue weighted by atomic mass is 10.1. The van der Waals surface area contributed by atoms with E-state index in [1.54, 1.807) is 19.2 Å². The van der Waals surface area contributed by atoms with Crippen LogP contribution in [0.15, 0.2) is 18.2 Å². The van der Waals surface area contributed by atoms with Crippen molar-refractivity contribution in [3.8, 4) is 0 Å². The molecule has 0 spiro atoms. The fourth-order valence-corrected chi connectivity index (χ4v) is 1.17. The zero-order chi connectivity index (χ0) is 9.84. The van der Waals surface area contributed by atoms with Gasteiger partial charge in [-0.3, -0.25) is 0 Å². The number of halogens is 1. The monoisotopic (exact) mass is 184 g/mol. The molecule has 0 aliphatic rings. The maximum Gasteiger partial charge on any atom is 0.129 e. The van der Waals surface area contributed by atoms with Crippen molar-refractivity contribution in [2.45, 2.75) is 19.6 Å². The van der Waals surface area contributed by atoms with Crippen LogP contribution in [0.2, 0.25) is 0 Å². The highest BCUT2D eigenvalue weighted by Gasteiger charge is 2.07. The minimum Gasteiger partial charge on any atom is -0.389 e. The fourth-order valence-electron chi connectivity index (χ4n) is 1.17. The van der Waals surface area contributed by atoms with Crippen LogP contribution in [0, 0.1) is 5.82 Å². The topological polar surface area (TPSA) is 29.5 Å². The summed E-state index contributed by atoms with van der Waals surface area (Å²) in [6.07, 6.45) is -0.767. The van der Waals surface area contributed by atoms with Crippen molar-refractivity contribution in [1.82, 2.24) is 0 Å². The van der Waals surface area contributed by atoms with Crippen molar-refractivity contribution in [1.29, 1.82) is 0 Å². The van der Waals surface area contributed by atoms with E-state index in [1.807, 2.05) is 0 Å². The first-order chi connectivity index (χ1) is 6.15. The van der Waals surface area contributed by atoms with Crippen LogP contribution >= 0.6 is 0 Å². The number of hydrogen-bond acceptors (Lipinski definition) is 2. The van der Waals surface area contributed by atoms with Gasteiger partial charge in [0, 0.05) is 12.7 Å². The summed E-state index contributed by atoms with van der Waals surface area (Å²) in [4.78, 5) is 0. The van der Waals surface area contributed by atoms with Crippen molar-refractivity contribution >= 4 is 0 Å². The van der Waals surface area contributed by atoms with E-state index in [4.69, 9.17) is 9.84 Å². The highest BCUT2D eigenvalue weighted by molar-refractivity contribution is 5.25.